The average molecular weight is 286 g/mol. The number of rotatable bonds is 6. The van der Waals surface area contributed by atoms with Crippen LogP contribution >= 0.6 is 23.3 Å². The molecule has 102 valence electrons. The summed E-state index contributed by atoms with van der Waals surface area (Å²) < 4.78 is 4.08. The molecule has 1 unspecified atom stereocenters. The van der Waals surface area contributed by atoms with E-state index in [0.29, 0.717) is 0 Å². The van der Waals surface area contributed by atoms with E-state index in [0.717, 1.165) is 35.5 Å². The summed E-state index contributed by atoms with van der Waals surface area (Å²) in [7, 11) is 0. The van der Waals surface area contributed by atoms with Gasteiger partial charge >= 0.3 is 0 Å². The van der Waals surface area contributed by atoms with Crippen LogP contribution in [0.2, 0.25) is 0 Å². The quantitative estimate of drug-likeness (QED) is 0.871. The van der Waals surface area contributed by atoms with Gasteiger partial charge in [0.1, 0.15) is 10.7 Å². The van der Waals surface area contributed by atoms with Gasteiger partial charge in [0.05, 0.1) is 0 Å². The Bertz CT molecular complexity index is 356. The van der Waals surface area contributed by atoms with Crippen molar-refractivity contribution in [1.29, 1.82) is 0 Å². The molecule has 6 heteroatoms. The van der Waals surface area contributed by atoms with Crippen LogP contribution < -0.4 is 5.32 Å². The molecule has 0 aromatic carbocycles. The Morgan fingerprint density at radius 3 is 3.11 bits per heavy atom. The topological polar surface area (TPSA) is 41.1 Å². The van der Waals surface area contributed by atoms with Crippen LogP contribution in [0.1, 0.15) is 32.4 Å². The van der Waals surface area contributed by atoms with Crippen LogP contribution in [0.15, 0.2) is 0 Å². The van der Waals surface area contributed by atoms with Crippen LogP contribution in [0.4, 0.5) is 5.00 Å². The maximum Gasteiger partial charge on any atom is 0.134 e. The van der Waals surface area contributed by atoms with Crippen LogP contribution in [-0.2, 0) is 6.54 Å². The largest absolute Gasteiger partial charge is 0.374 e. The number of nitrogens with one attached hydrogen (secondary N) is 1. The zero-order valence-corrected chi connectivity index (χ0v) is 12.8. The summed E-state index contributed by atoms with van der Waals surface area (Å²) in [5.74, 6) is 1.24. The fraction of sp³-hybridized carbons (Fsp3) is 0.833. The highest BCUT2D eigenvalue weighted by Crippen LogP contribution is 2.24. The summed E-state index contributed by atoms with van der Waals surface area (Å²) in [6, 6.07) is 0. The number of thioether (sulfide) groups is 1. The van der Waals surface area contributed by atoms with Gasteiger partial charge in [-0.1, -0.05) is 18.3 Å². The Morgan fingerprint density at radius 2 is 2.33 bits per heavy atom. The molecular weight excluding hydrogens is 264 g/mol. The molecule has 1 aromatic rings. The van der Waals surface area contributed by atoms with Crippen LogP contribution in [-0.4, -0.2) is 45.1 Å². The smallest absolute Gasteiger partial charge is 0.134 e. The lowest BCUT2D eigenvalue weighted by Crippen LogP contribution is -2.37. The molecule has 2 heterocycles. The van der Waals surface area contributed by atoms with Crippen molar-refractivity contribution in [3.63, 3.8) is 0 Å². The lowest BCUT2D eigenvalue weighted by atomic mass is 10.3. The molecule has 0 saturated carbocycles. The second-order valence-corrected chi connectivity index (χ2v) is 6.77. The SMILES string of the molecule is CCCNc1snnc1CN1CCSC(CC)C1. The van der Waals surface area contributed by atoms with Crippen LogP contribution in [0, 0.1) is 0 Å². The first-order valence-corrected chi connectivity index (χ1v) is 8.54. The van der Waals surface area contributed by atoms with Crippen molar-refractivity contribution in [3.8, 4) is 0 Å². The second kappa shape index (κ2) is 7.31. The van der Waals surface area contributed by atoms with Crippen molar-refractivity contribution in [3.05, 3.63) is 5.69 Å². The number of nitrogens with zero attached hydrogens (tertiary/aromatic N) is 3. The van der Waals surface area contributed by atoms with E-state index in [4.69, 9.17) is 0 Å². The lowest BCUT2D eigenvalue weighted by molar-refractivity contribution is 0.270. The summed E-state index contributed by atoms with van der Waals surface area (Å²) in [5, 5.41) is 9.64. The standard InChI is InChI=1S/C12H22N4S2/c1-3-5-13-12-11(14-15-18-12)9-16-6-7-17-10(4-2)8-16/h10,13H,3-9H2,1-2H3. The average Bonchev–Trinajstić information content (AvgIpc) is 2.84. The van der Waals surface area contributed by atoms with Gasteiger partial charge in [0.15, 0.2) is 0 Å². The van der Waals surface area contributed by atoms with Crippen molar-refractivity contribution < 1.29 is 0 Å². The summed E-state index contributed by atoms with van der Waals surface area (Å²) in [5.41, 5.74) is 1.12. The third kappa shape index (κ3) is 3.83. The molecule has 0 spiro atoms. The molecule has 1 saturated heterocycles. The molecule has 2 rings (SSSR count). The van der Waals surface area contributed by atoms with Gasteiger partial charge in [0, 0.05) is 48.7 Å². The molecule has 4 nitrogen and oxygen atoms in total. The first-order chi connectivity index (χ1) is 8.83. The van der Waals surface area contributed by atoms with Gasteiger partial charge in [0.25, 0.3) is 0 Å². The maximum atomic E-state index is 4.27. The molecule has 1 aliphatic rings. The lowest BCUT2D eigenvalue weighted by Gasteiger charge is -2.31. The van der Waals surface area contributed by atoms with Crippen molar-refractivity contribution in [1.82, 2.24) is 14.5 Å². The normalized spacial score (nSPS) is 21.1. The zero-order valence-electron chi connectivity index (χ0n) is 11.2. The third-order valence-corrected chi connectivity index (χ3v) is 5.24. The van der Waals surface area contributed by atoms with Crippen molar-refractivity contribution >= 4 is 28.3 Å². The van der Waals surface area contributed by atoms with Gasteiger partial charge in [-0.25, -0.2) is 0 Å². The molecular formula is C12H22N4S2. The zero-order chi connectivity index (χ0) is 12.8. The fourth-order valence-corrected chi connectivity index (χ4v) is 3.91. The minimum Gasteiger partial charge on any atom is -0.374 e. The first kappa shape index (κ1) is 14.1. The van der Waals surface area contributed by atoms with Gasteiger partial charge in [-0.05, 0) is 12.8 Å². The van der Waals surface area contributed by atoms with E-state index in [9.17, 15) is 0 Å². The predicted octanol–water partition coefficient (Wildman–Crippen LogP) is 2.69. The predicted molar refractivity (Wildman–Crippen MR) is 80.5 cm³/mol. The van der Waals surface area contributed by atoms with Gasteiger partial charge in [0.2, 0.25) is 0 Å². The number of aromatic nitrogens is 2. The van der Waals surface area contributed by atoms with Crippen LogP contribution in [0.5, 0.6) is 0 Å². The molecule has 0 amide bonds. The van der Waals surface area contributed by atoms with E-state index >= 15 is 0 Å². The monoisotopic (exact) mass is 286 g/mol. The van der Waals surface area contributed by atoms with E-state index in [2.05, 4.69) is 45.4 Å². The molecule has 1 fully saturated rings. The van der Waals surface area contributed by atoms with Gasteiger partial charge in [-0.3, -0.25) is 4.90 Å². The van der Waals surface area contributed by atoms with Crippen molar-refractivity contribution in [2.24, 2.45) is 0 Å². The highest BCUT2D eigenvalue weighted by Gasteiger charge is 2.20. The molecule has 18 heavy (non-hydrogen) atoms. The Hall–Kier alpha value is -0.330. The van der Waals surface area contributed by atoms with Crippen molar-refractivity contribution in [2.45, 2.75) is 38.5 Å². The Kier molecular flexibility index (Phi) is 5.72. The summed E-state index contributed by atoms with van der Waals surface area (Å²) in [4.78, 5) is 2.51. The fourth-order valence-electron chi connectivity index (χ4n) is 2.07. The number of anilines is 1. The Labute approximate surface area is 118 Å². The Morgan fingerprint density at radius 1 is 1.44 bits per heavy atom. The van der Waals surface area contributed by atoms with E-state index < -0.39 is 0 Å². The summed E-state index contributed by atoms with van der Waals surface area (Å²) in [6.07, 6.45) is 2.40. The number of hydrogen-bond acceptors (Lipinski definition) is 6. The molecule has 1 atom stereocenters. The Balaban J connectivity index is 1.90. The van der Waals surface area contributed by atoms with Crippen LogP contribution in [0.25, 0.3) is 0 Å². The minimum atomic E-state index is 0.789. The molecule has 1 aliphatic heterocycles. The molecule has 0 aliphatic carbocycles. The highest BCUT2D eigenvalue weighted by atomic mass is 32.2. The van der Waals surface area contributed by atoms with Gasteiger partial charge in [-0.15, -0.1) is 5.10 Å². The van der Waals surface area contributed by atoms with E-state index in [1.54, 1.807) is 0 Å². The summed E-state index contributed by atoms with van der Waals surface area (Å²) >= 11 is 3.59. The van der Waals surface area contributed by atoms with Gasteiger partial charge in [-0.2, -0.15) is 11.8 Å². The minimum absolute atomic E-state index is 0.789. The summed E-state index contributed by atoms with van der Waals surface area (Å²) in [6.45, 7) is 8.76. The third-order valence-electron chi connectivity index (χ3n) is 3.14. The second-order valence-electron chi connectivity index (χ2n) is 4.61. The highest BCUT2D eigenvalue weighted by molar-refractivity contribution is 8.00. The number of hydrogen-bond donors (Lipinski definition) is 1. The molecule has 0 radical (unpaired) electrons. The van der Waals surface area contributed by atoms with E-state index in [1.165, 1.54) is 36.8 Å². The van der Waals surface area contributed by atoms with Crippen molar-refractivity contribution in [2.75, 3.05) is 30.7 Å². The van der Waals surface area contributed by atoms with E-state index in [-0.39, 0.29) is 0 Å². The first-order valence-electron chi connectivity index (χ1n) is 6.72. The maximum absolute atomic E-state index is 4.27. The van der Waals surface area contributed by atoms with Crippen LogP contribution in [0.3, 0.4) is 0 Å². The van der Waals surface area contributed by atoms with E-state index in [1.807, 2.05) is 0 Å². The molecule has 1 aromatic heterocycles. The molecule has 0 bridgehead atoms. The van der Waals surface area contributed by atoms with Gasteiger partial charge < -0.3 is 5.32 Å². The molecule has 1 N–H and O–H groups in total.